The van der Waals surface area contributed by atoms with E-state index in [2.05, 4.69) is 19.1 Å². The summed E-state index contributed by atoms with van der Waals surface area (Å²) in [6.07, 6.45) is 3.11. The third-order valence-corrected chi connectivity index (χ3v) is 3.37. The Morgan fingerprint density at radius 3 is 2.52 bits per heavy atom. The molecule has 1 aromatic carbocycles. The maximum atomic E-state index is 11.8. The van der Waals surface area contributed by atoms with Gasteiger partial charge in [0.15, 0.2) is 0 Å². The predicted molar refractivity (Wildman–Crippen MR) is 89.6 cm³/mol. The maximum Gasteiger partial charge on any atom is 0.225 e. The van der Waals surface area contributed by atoms with E-state index >= 15 is 0 Å². The van der Waals surface area contributed by atoms with Crippen molar-refractivity contribution < 1.29 is 9.53 Å². The second-order valence-electron chi connectivity index (χ2n) is 5.02. The summed E-state index contributed by atoms with van der Waals surface area (Å²) in [6.45, 7) is 3.09. The van der Waals surface area contributed by atoms with E-state index in [-0.39, 0.29) is 5.91 Å². The fourth-order valence-electron chi connectivity index (χ4n) is 1.89. The molecule has 0 fully saturated rings. The minimum atomic E-state index is 0.0360. The van der Waals surface area contributed by atoms with E-state index in [4.69, 9.17) is 22.7 Å². The molecule has 116 valence electrons. The van der Waals surface area contributed by atoms with Gasteiger partial charge < -0.3 is 15.4 Å². The first-order valence-corrected chi connectivity index (χ1v) is 7.67. The predicted octanol–water partition coefficient (Wildman–Crippen LogP) is 2.54. The molecular formula is C16H24N2O2S. The van der Waals surface area contributed by atoms with Crippen molar-refractivity contribution in [2.75, 3.05) is 20.2 Å². The zero-order valence-corrected chi connectivity index (χ0v) is 13.6. The van der Waals surface area contributed by atoms with Gasteiger partial charge in [0.05, 0.1) is 18.0 Å². The summed E-state index contributed by atoms with van der Waals surface area (Å²) in [7, 11) is 1.75. The number of amides is 1. The number of hydrogen-bond acceptors (Lipinski definition) is 3. The van der Waals surface area contributed by atoms with E-state index in [9.17, 15) is 4.79 Å². The molecule has 0 saturated carbocycles. The Hall–Kier alpha value is -1.62. The van der Waals surface area contributed by atoms with Gasteiger partial charge in [0.25, 0.3) is 0 Å². The number of aryl methyl sites for hydroxylation is 1. The van der Waals surface area contributed by atoms with Crippen LogP contribution in [0.3, 0.4) is 0 Å². The summed E-state index contributed by atoms with van der Waals surface area (Å²) < 4.78 is 5.59. The second kappa shape index (κ2) is 9.34. The molecule has 0 aliphatic heterocycles. The molecule has 0 heterocycles. The van der Waals surface area contributed by atoms with Crippen molar-refractivity contribution in [2.24, 2.45) is 5.73 Å². The summed E-state index contributed by atoms with van der Waals surface area (Å²) in [4.78, 5) is 13.9. The average molecular weight is 308 g/mol. The molecule has 0 saturated heterocycles. The van der Waals surface area contributed by atoms with Crippen LogP contribution >= 0.6 is 12.2 Å². The monoisotopic (exact) mass is 308 g/mol. The Balaban J connectivity index is 2.28. The standard InChI is InChI=1S/C16H24N2O2S/c1-3-4-13-5-7-14(8-6-13)20-12-10-16(19)18(2)11-9-15(17)21/h5-8H,3-4,9-12H2,1-2H3,(H2,17,21). The smallest absolute Gasteiger partial charge is 0.225 e. The van der Waals surface area contributed by atoms with Crippen LogP contribution in [-0.2, 0) is 11.2 Å². The Morgan fingerprint density at radius 1 is 1.29 bits per heavy atom. The molecule has 0 bridgehead atoms. The van der Waals surface area contributed by atoms with Crippen molar-refractivity contribution in [2.45, 2.75) is 32.6 Å². The first-order valence-electron chi connectivity index (χ1n) is 7.27. The van der Waals surface area contributed by atoms with Gasteiger partial charge >= 0.3 is 0 Å². The highest BCUT2D eigenvalue weighted by Crippen LogP contribution is 2.13. The fraction of sp³-hybridized carbons (Fsp3) is 0.500. The second-order valence-corrected chi connectivity index (χ2v) is 5.55. The van der Waals surface area contributed by atoms with E-state index in [1.807, 2.05) is 12.1 Å². The molecule has 1 rings (SSSR count). The molecule has 0 unspecified atom stereocenters. The third-order valence-electron chi connectivity index (χ3n) is 3.17. The summed E-state index contributed by atoms with van der Waals surface area (Å²) in [5, 5.41) is 0. The van der Waals surface area contributed by atoms with Crippen LogP contribution in [0.2, 0.25) is 0 Å². The molecule has 0 radical (unpaired) electrons. The molecule has 0 aliphatic rings. The SMILES string of the molecule is CCCc1ccc(OCCC(=O)N(C)CCC(N)=S)cc1. The summed E-state index contributed by atoms with van der Waals surface area (Å²) in [6, 6.07) is 8.03. The van der Waals surface area contributed by atoms with Crippen LogP contribution < -0.4 is 10.5 Å². The Kier molecular flexibility index (Phi) is 7.75. The van der Waals surface area contributed by atoms with Crippen LogP contribution in [0.25, 0.3) is 0 Å². The van der Waals surface area contributed by atoms with Gasteiger partial charge in [0.1, 0.15) is 5.75 Å². The summed E-state index contributed by atoms with van der Waals surface area (Å²) in [5.74, 6) is 0.835. The van der Waals surface area contributed by atoms with Crippen LogP contribution in [0.4, 0.5) is 0 Å². The van der Waals surface area contributed by atoms with E-state index in [0.717, 1.165) is 18.6 Å². The number of hydrogen-bond donors (Lipinski definition) is 1. The van der Waals surface area contributed by atoms with E-state index in [1.54, 1.807) is 11.9 Å². The first-order chi connectivity index (χ1) is 10.0. The molecule has 1 amide bonds. The maximum absolute atomic E-state index is 11.8. The Bertz CT molecular complexity index is 460. The summed E-state index contributed by atoms with van der Waals surface area (Å²) in [5.41, 5.74) is 6.72. The lowest BCUT2D eigenvalue weighted by atomic mass is 10.1. The van der Waals surface area contributed by atoms with E-state index < -0.39 is 0 Å². The highest BCUT2D eigenvalue weighted by Gasteiger charge is 2.08. The number of nitrogens with zero attached hydrogens (tertiary/aromatic N) is 1. The number of carbonyl (C=O) groups is 1. The van der Waals surface area contributed by atoms with Crippen molar-refractivity contribution in [1.29, 1.82) is 0 Å². The lowest BCUT2D eigenvalue weighted by Crippen LogP contribution is -2.30. The fourth-order valence-corrected chi connectivity index (χ4v) is 1.98. The topological polar surface area (TPSA) is 55.6 Å². The lowest BCUT2D eigenvalue weighted by Gasteiger charge is -2.16. The van der Waals surface area contributed by atoms with Crippen LogP contribution in [0.1, 0.15) is 31.7 Å². The quantitative estimate of drug-likeness (QED) is 0.712. The number of thiocarbonyl (C=S) groups is 1. The van der Waals surface area contributed by atoms with E-state index in [1.165, 1.54) is 5.56 Å². The van der Waals surface area contributed by atoms with Gasteiger partial charge in [-0.05, 0) is 24.1 Å². The number of ether oxygens (including phenoxy) is 1. The summed E-state index contributed by atoms with van der Waals surface area (Å²) >= 11 is 4.80. The van der Waals surface area contributed by atoms with Crippen molar-refractivity contribution in [1.82, 2.24) is 4.90 Å². The Labute approximate surface area is 132 Å². The van der Waals surface area contributed by atoms with Gasteiger partial charge in [-0.15, -0.1) is 0 Å². The average Bonchev–Trinajstić information content (AvgIpc) is 2.46. The van der Waals surface area contributed by atoms with Crippen LogP contribution in [0, 0.1) is 0 Å². The Morgan fingerprint density at radius 2 is 1.95 bits per heavy atom. The number of benzene rings is 1. The third kappa shape index (κ3) is 7.09. The number of nitrogens with two attached hydrogens (primary N) is 1. The van der Waals surface area contributed by atoms with Crippen molar-refractivity contribution in [3.8, 4) is 5.75 Å². The zero-order chi connectivity index (χ0) is 15.7. The molecule has 2 N–H and O–H groups in total. The van der Waals surface area contributed by atoms with Crippen molar-refractivity contribution in [3.63, 3.8) is 0 Å². The molecule has 4 nitrogen and oxygen atoms in total. The zero-order valence-electron chi connectivity index (χ0n) is 12.8. The lowest BCUT2D eigenvalue weighted by molar-refractivity contribution is -0.130. The van der Waals surface area contributed by atoms with Crippen LogP contribution in [0.15, 0.2) is 24.3 Å². The molecule has 5 heteroatoms. The number of carbonyl (C=O) groups excluding carboxylic acids is 1. The van der Waals surface area contributed by atoms with Gasteiger partial charge in [0, 0.05) is 20.0 Å². The van der Waals surface area contributed by atoms with Crippen molar-refractivity contribution >= 4 is 23.1 Å². The van der Waals surface area contributed by atoms with Crippen molar-refractivity contribution in [3.05, 3.63) is 29.8 Å². The van der Waals surface area contributed by atoms with Gasteiger partial charge in [-0.25, -0.2) is 0 Å². The first kappa shape index (κ1) is 17.4. The molecule has 0 spiro atoms. The van der Waals surface area contributed by atoms with Crippen LogP contribution in [0.5, 0.6) is 5.75 Å². The minimum absolute atomic E-state index is 0.0360. The molecule has 1 aromatic rings. The largest absolute Gasteiger partial charge is 0.493 e. The van der Waals surface area contributed by atoms with Gasteiger partial charge in [-0.2, -0.15) is 0 Å². The normalized spacial score (nSPS) is 10.2. The molecular weight excluding hydrogens is 284 g/mol. The molecule has 21 heavy (non-hydrogen) atoms. The highest BCUT2D eigenvalue weighted by atomic mass is 32.1. The molecule has 0 aliphatic carbocycles. The van der Waals surface area contributed by atoms with E-state index in [0.29, 0.717) is 31.0 Å². The highest BCUT2D eigenvalue weighted by molar-refractivity contribution is 7.80. The van der Waals surface area contributed by atoms with Gasteiger partial charge in [0.2, 0.25) is 5.91 Å². The van der Waals surface area contributed by atoms with Gasteiger partial charge in [-0.3, -0.25) is 4.79 Å². The molecule has 0 aromatic heterocycles. The number of rotatable bonds is 9. The minimum Gasteiger partial charge on any atom is -0.493 e. The van der Waals surface area contributed by atoms with Crippen LogP contribution in [-0.4, -0.2) is 36.0 Å². The molecule has 0 atom stereocenters. The van der Waals surface area contributed by atoms with Gasteiger partial charge in [-0.1, -0.05) is 37.7 Å².